The minimum Gasteiger partial charge on any atom is -0.378 e. The van der Waals surface area contributed by atoms with E-state index in [0.29, 0.717) is 6.42 Å². The third-order valence-corrected chi connectivity index (χ3v) is 7.01. The molecule has 8 nitrogen and oxygen atoms in total. The Balaban J connectivity index is 1.32. The summed E-state index contributed by atoms with van der Waals surface area (Å²) >= 11 is 0. The number of rotatable bonds is 4. The minimum absolute atomic E-state index is 0.126. The summed E-state index contributed by atoms with van der Waals surface area (Å²) in [5.74, 6) is 1.05. The van der Waals surface area contributed by atoms with Crippen molar-refractivity contribution in [1.82, 2.24) is 24.6 Å². The second kappa shape index (κ2) is 7.65. The van der Waals surface area contributed by atoms with Gasteiger partial charge in [-0.05, 0) is 38.7 Å². The number of nitrogens with zero attached hydrogens (tertiary/aromatic N) is 6. The molecule has 0 radical (unpaired) electrons. The molecule has 0 saturated carbocycles. The third-order valence-electron chi connectivity index (χ3n) is 7.01. The van der Waals surface area contributed by atoms with E-state index in [-0.39, 0.29) is 18.0 Å². The van der Waals surface area contributed by atoms with Gasteiger partial charge < -0.3 is 14.5 Å². The Bertz CT molecular complexity index is 965. The van der Waals surface area contributed by atoms with Crippen LogP contribution in [0.4, 0.5) is 5.95 Å². The van der Waals surface area contributed by atoms with Gasteiger partial charge in [-0.25, -0.2) is 9.97 Å². The zero-order chi connectivity index (χ0) is 20.8. The molecule has 2 atom stereocenters. The number of carbonyl (C=O) groups is 1. The van der Waals surface area contributed by atoms with Gasteiger partial charge in [0.1, 0.15) is 0 Å². The molecule has 8 heteroatoms. The predicted octanol–water partition coefficient (Wildman–Crippen LogP) is 1.88. The third kappa shape index (κ3) is 3.27. The molecule has 2 bridgehead atoms. The number of hydrogen-bond acceptors (Lipinski definition) is 6. The van der Waals surface area contributed by atoms with Crippen molar-refractivity contribution >= 4 is 11.9 Å². The fraction of sp³-hybridized carbons (Fsp3) is 0.636. The van der Waals surface area contributed by atoms with Crippen LogP contribution in [0.1, 0.15) is 53.5 Å². The van der Waals surface area contributed by atoms with E-state index >= 15 is 0 Å². The van der Waals surface area contributed by atoms with E-state index in [9.17, 15) is 4.79 Å². The molecule has 0 spiro atoms. The summed E-state index contributed by atoms with van der Waals surface area (Å²) < 4.78 is 7.34. The Hall–Kier alpha value is -2.48. The van der Waals surface area contributed by atoms with Gasteiger partial charge in [0.15, 0.2) is 0 Å². The lowest BCUT2D eigenvalue weighted by atomic mass is 9.98. The molecular formula is C22H30N6O2. The van der Waals surface area contributed by atoms with Crippen LogP contribution in [0.25, 0.3) is 0 Å². The highest BCUT2D eigenvalue weighted by Crippen LogP contribution is 2.43. The van der Waals surface area contributed by atoms with Crippen LogP contribution in [-0.2, 0) is 29.4 Å². The maximum atomic E-state index is 13.2. The van der Waals surface area contributed by atoms with Crippen LogP contribution < -0.4 is 4.90 Å². The van der Waals surface area contributed by atoms with E-state index in [1.165, 1.54) is 5.56 Å². The number of aromatic nitrogens is 4. The highest BCUT2D eigenvalue weighted by atomic mass is 16.5. The molecule has 0 unspecified atom stereocenters. The molecule has 2 aromatic rings. The van der Waals surface area contributed by atoms with Crippen LogP contribution >= 0.6 is 0 Å². The van der Waals surface area contributed by atoms with E-state index in [2.05, 4.69) is 26.8 Å². The Morgan fingerprint density at radius 1 is 1.23 bits per heavy atom. The van der Waals surface area contributed by atoms with Crippen molar-refractivity contribution in [2.45, 2.75) is 58.0 Å². The maximum absolute atomic E-state index is 13.2. The van der Waals surface area contributed by atoms with Crippen molar-refractivity contribution in [2.75, 3.05) is 31.2 Å². The molecule has 0 N–H and O–H groups in total. The van der Waals surface area contributed by atoms with Gasteiger partial charge >= 0.3 is 0 Å². The van der Waals surface area contributed by atoms with Crippen molar-refractivity contribution in [1.29, 1.82) is 0 Å². The second-order valence-electron chi connectivity index (χ2n) is 8.70. The Labute approximate surface area is 177 Å². The number of ether oxygens (including phenoxy) is 1. The second-order valence-corrected chi connectivity index (χ2v) is 8.70. The summed E-state index contributed by atoms with van der Waals surface area (Å²) in [7, 11) is 1.96. The van der Waals surface area contributed by atoms with Gasteiger partial charge in [0, 0.05) is 56.5 Å². The monoisotopic (exact) mass is 410 g/mol. The summed E-state index contributed by atoms with van der Waals surface area (Å²) in [6.45, 7) is 7.22. The summed E-state index contributed by atoms with van der Waals surface area (Å²) in [6.07, 6.45) is 6.14. The fourth-order valence-corrected chi connectivity index (χ4v) is 5.30. The maximum Gasteiger partial charge on any atom is 0.225 e. The largest absolute Gasteiger partial charge is 0.378 e. The predicted molar refractivity (Wildman–Crippen MR) is 112 cm³/mol. The molecule has 5 heterocycles. The Morgan fingerprint density at radius 2 is 2.03 bits per heavy atom. The first-order valence-electron chi connectivity index (χ1n) is 11.0. The minimum atomic E-state index is 0.126. The van der Waals surface area contributed by atoms with Gasteiger partial charge in [0.2, 0.25) is 11.9 Å². The summed E-state index contributed by atoms with van der Waals surface area (Å²) in [6, 6.07) is 0.389. The number of amides is 1. The molecule has 0 aliphatic carbocycles. The van der Waals surface area contributed by atoms with E-state index in [4.69, 9.17) is 9.72 Å². The van der Waals surface area contributed by atoms with E-state index in [0.717, 1.165) is 80.6 Å². The van der Waals surface area contributed by atoms with Crippen LogP contribution in [-0.4, -0.2) is 62.9 Å². The highest BCUT2D eigenvalue weighted by Gasteiger charge is 2.43. The Morgan fingerprint density at radius 3 is 2.77 bits per heavy atom. The molecule has 2 fully saturated rings. The van der Waals surface area contributed by atoms with Crippen molar-refractivity contribution in [3.63, 3.8) is 0 Å². The zero-order valence-electron chi connectivity index (χ0n) is 18.1. The molecule has 5 rings (SSSR count). The normalized spacial score (nSPS) is 23.0. The van der Waals surface area contributed by atoms with Crippen molar-refractivity contribution < 1.29 is 9.53 Å². The van der Waals surface area contributed by atoms with Crippen molar-refractivity contribution in [3.05, 3.63) is 34.4 Å². The topological polar surface area (TPSA) is 76.4 Å². The van der Waals surface area contributed by atoms with Crippen LogP contribution in [0.5, 0.6) is 0 Å². The SMILES string of the molecule is Cc1nn(C)c(C)c1CCC(=O)N1[C@H]2CC[C@@H]1c1cnc(N3CCOCC3)nc1C2. The molecule has 3 aliphatic heterocycles. The number of fused-ring (bicyclic) bond motifs is 4. The molecule has 30 heavy (non-hydrogen) atoms. The van der Waals surface area contributed by atoms with Crippen LogP contribution in [0.15, 0.2) is 6.20 Å². The lowest BCUT2D eigenvalue weighted by Crippen LogP contribution is -2.43. The smallest absolute Gasteiger partial charge is 0.225 e. The number of aryl methyl sites for hydroxylation is 2. The van der Waals surface area contributed by atoms with E-state index in [1.807, 2.05) is 24.9 Å². The molecule has 3 aliphatic rings. The zero-order valence-corrected chi connectivity index (χ0v) is 18.1. The van der Waals surface area contributed by atoms with Crippen LogP contribution in [0, 0.1) is 13.8 Å². The lowest BCUT2D eigenvalue weighted by Gasteiger charge is -2.36. The number of anilines is 1. The number of hydrogen-bond donors (Lipinski definition) is 0. The average molecular weight is 411 g/mol. The van der Waals surface area contributed by atoms with Gasteiger partial charge in [0.05, 0.1) is 30.6 Å². The highest BCUT2D eigenvalue weighted by molar-refractivity contribution is 5.78. The van der Waals surface area contributed by atoms with Gasteiger partial charge in [-0.1, -0.05) is 0 Å². The van der Waals surface area contributed by atoms with Crippen molar-refractivity contribution in [3.8, 4) is 0 Å². The van der Waals surface area contributed by atoms with Gasteiger partial charge in [0.25, 0.3) is 0 Å². The van der Waals surface area contributed by atoms with Gasteiger partial charge in [-0.2, -0.15) is 5.10 Å². The summed E-state index contributed by atoms with van der Waals surface area (Å²) in [5.41, 5.74) is 5.65. The fourth-order valence-electron chi connectivity index (χ4n) is 5.30. The van der Waals surface area contributed by atoms with Gasteiger partial charge in [-0.15, -0.1) is 0 Å². The average Bonchev–Trinajstić information content (AvgIpc) is 3.20. The first-order chi connectivity index (χ1) is 14.5. The van der Waals surface area contributed by atoms with Gasteiger partial charge in [-0.3, -0.25) is 9.48 Å². The number of carbonyl (C=O) groups excluding carboxylic acids is 1. The van der Waals surface area contributed by atoms with E-state index < -0.39 is 0 Å². The molecule has 2 aromatic heterocycles. The summed E-state index contributed by atoms with van der Waals surface area (Å²) in [4.78, 5) is 27.1. The van der Waals surface area contributed by atoms with Crippen LogP contribution in [0.3, 0.4) is 0 Å². The quantitative estimate of drug-likeness (QED) is 0.766. The van der Waals surface area contributed by atoms with Crippen LogP contribution in [0.2, 0.25) is 0 Å². The molecule has 2 saturated heterocycles. The molecule has 0 aromatic carbocycles. The first kappa shape index (κ1) is 19.5. The first-order valence-corrected chi connectivity index (χ1v) is 11.0. The van der Waals surface area contributed by atoms with E-state index in [1.54, 1.807) is 0 Å². The molecule has 1 amide bonds. The summed E-state index contributed by atoms with van der Waals surface area (Å²) in [5, 5.41) is 4.48. The van der Waals surface area contributed by atoms with Crippen molar-refractivity contribution in [2.24, 2.45) is 7.05 Å². The Kier molecular flexibility index (Phi) is 4.97. The lowest BCUT2D eigenvalue weighted by molar-refractivity contribution is -0.134. The molecular weight excluding hydrogens is 380 g/mol. The number of morpholine rings is 1. The standard InChI is InChI=1S/C22H30N6O2/c1-14-17(15(2)26(3)25-14)5-7-21(29)28-16-4-6-20(28)18-13-23-22(24-19(18)12-16)27-8-10-30-11-9-27/h13,16,20H,4-12H2,1-3H3/t16-,20+/m0/s1. The molecule has 160 valence electrons.